The highest BCUT2D eigenvalue weighted by molar-refractivity contribution is 4.94. The maximum Gasteiger partial charge on any atom is 0.319 e. The van der Waals surface area contributed by atoms with Crippen LogP contribution in [-0.4, -0.2) is 46.5 Å². The quantitative estimate of drug-likeness (QED) is 0.839. The van der Waals surface area contributed by atoms with Crippen LogP contribution in [0.4, 0.5) is 8.78 Å². The van der Waals surface area contributed by atoms with Gasteiger partial charge in [-0.25, -0.2) is 4.98 Å². The monoisotopic (exact) mass is 273 g/mol. The Labute approximate surface area is 110 Å². The highest BCUT2D eigenvalue weighted by Crippen LogP contribution is 2.30. The van der Waals surface area contributed by atoms with Crippen molar-refractivity contribution < 1.29 is 18.3 Å². The van der Waals surface area contributed by atoms with Gasteiger partial charge >= 0.3 is 6.55 Å². The third-order valence-electron chi connectivity index (χ3n) is 3.63. The molecule has 0 radical (unpaired) electrons. The maximum atomic E-state index is 12.8. The van der Waals surface area contributed by atoms with Crippen molar-refractivity contribution in [2.45, 2.75) is 31.7 Å². The summed E-state index contributed by atoms with van der Waals surface area (Å²) >= 11 is 0. The molecule has 0 bridgehead atoms. The molecule has 0 aromatic carbocycles. The Morgan fingerprint density at radius 2 is 2.16 bits per heavy atom. The van der Waals surface area contributed by atoms with Crippen molar-refractivity contribution in [1.82, 2.24) is 14.5 Å². The molecule has 0 amide bonds. The van der Waals surface area contributed by atoms with Gasteiger partial charge < -0.3 is 9.47 Å². The minimum Gasteiger partial charge on any atom is -0.346 e. The first kappa shape index (κ1) is 13.0. The van der Waals surface area contributed by atoms with Gasteiger partial charge in [0.15, 0.2) is 5.79 Å². The average Bonchev–Trinajstić information content (AvgIpc) is 2.99. The molecule has 0 atom stereocenters. The molecule has 3 heterocycles. The number of likely N-dealkylation sites (tertiary alicyclic amines) is 1. The van der Waals surface area contributed by atoms with E-state index in [9.17, 15) is 8.78 Å². The summed E-state index contributed by atoms with van der Waals surface area (Å²) in [6.45, 7) is 0.536. The molecule has 0 saturated carbocycles. The number of alkyl halides is 2. The zero-order valence-corrected chi connectivity index (χ0v) is 10.6. The second kappa shape index (κ2) is 5.15. The third kappa shape index (κ3) is 2.63. The van der Waals surface area contributed by atoms with E-state index in [0.29, 0.717) is 32.1 Å². The summed E-state index contributed by atoms with van der Waals surface area (Å²) in [5.74, 6) is -0.148. The molecule has 3 rings (SSSR count). The molecule has 5 nitrogen and oxygen atoms in total. The van der Waals surface area contributed by atoms with Crippen molar-refractivity contribution in [3.05, 3.63) is 18.2 Å². The minimum atomic E-state index is -2.55. The van der Waals surface area contributed by atoms with E-state index in [1.54, 1.807) is 0 Å². The predicted molar refractivity (Wildman–Crippen MR) is 62.6 cm³/mol. The topological polar surface area (TPSA) is 39.5 Å². The van der Waals surface area contributed by atoms with Gasteiger partial charge in [0.2, 0.25) is 0 Å². The van der Waals surface area contributed by atoms with E-state index in [2.05, 4.69) is 9.88 Å². The van der Waals surface area contributed by atoms with Crippen LogP contribution in [0.15, 0.2) is 12.4 Å². The number of piperidine rings is 1. The summed E-state index contributed by atoms with van der Waals surface area (Å²) in [6, 6.07) is 0. The van der Waals surface area contributed by atoms with E-state index in [-0.39, 0.29) is 0 Å². The molecule has 19 heavy (non-hydrogen) atoms. The van der Waals surface area contributed by atoms with E-state index in [1.165, 1.54) is 12.4 Å². The highest BCUT2D eigenvalue weighted by Gasteiger charge is 2.40. The first-order chi connectivity index (χ1) is 9.19. The van der Waals surface area contributed by atoms with E-state index in [1.807, 2.05) is 0 Å². The largest absolute Gasteiger partial charge is 0.346 e. The van der Waals surface area contributed by atoms with Crippen LogP contribution in [0.5, 0.6) is 0 Å². The van der Waals surface area contributed by atoms with E-state index < -0.39 is 12.3 Å². The SMILES string of the molecule is FC(F)n1ccnc1CN1CCCC2(C1)OCCO2. The van der Waals surface area contributed by atoms with E-state index >= 15 is 0 Å². The summed E-state index contributed by atoms with van der Waals surface area (Å²) in [5.41, 5.74) is 0. The maximum absolute atomic E-state index is 12.8. The number of halogens is 2. The van der Waals surface area contributed by atoms with Gasteiger partial charge in [-0.1, -0.05) is 0 Å². The zero-order chi connectivity index (χ0) is 13.3. The normalized spacial score (nSPS) is 23.5. The molecule has 1 spiro atoms. The Morgan fingerprint density at radius 1 is 1.37 bits per heavy atom. The van der Waals surface area contributed by atoms with E-state index in [0.717, 1.165) is 24.0 Å². The van der Waals surface area contributed by atoms with Crippen LogP contribution >= 0.6 is 0 Å². The van der Waals surface area contributed by atoms with Crippen molar-refractivity contribution in [3.63, 3.8) is 0 Å². The van der Waals surface area contributed by atoms with Crippen LogP contribution < -0.4 is 0 Å². The first-order valence-electron chi connectivity index (χ1n) is 6.49. The van der Waals surface area contributed by atoms with Crippen molar-refractivity contribution in [2.75, 3.05) is 26.3 Å². The molecule has 7 heteroatoms. The van der Waals surface area contributed by atoms with Gasteiger partial charge in [0.1, 0.15) is 5.82 Å². The van der Waals surface area contributed by atoms with Crippen LogP contribution in [0.3, 0.4) is 0 Å². The van der Waals surface area contributed by atoms with Gasteiger partial charge in [-0.05, 0) is 13.0 Å². The second-order valence-electron chi connectivity index (χ2n) is 4.95. The number of rotatable bonds is 3. The number of hydrogen-bond acceptors (Lipinski definition) is 4. The number of imidazole rings is 1. The molecule has 2 aliphatic rings. The molecule has 2 aliphatic heterocycles. The summed E-state index contributed by atoms with van der Waals surface area (Å²) in [5, 5.41) is 0. The number of nitrogens with zero attached hydrogens (tertiary/aromatic N) is 3. The molecule has 2 saturated heterocycles. The molecule has 106 valence electrons. The lowest BCUT2D eigenvalue weighted by atomic mass is 10.0. The standard InChI is InChI=1S/C12H17F2N3O2/c13-11(14)17-5-3-15-10(17)8-16-4-1-2-12(9-16)18-6-7-19-12/h3,5,11H,1-2,4,6-9H2. The molecular formula is C12H17F2N3O2. The fraction of sp³-hybridized carbons (Fsp3) is 0.750. The molecule has 0 unspecified atom stereocenters. The summed E-state index contributed by atoms with van der Waals surface area (Å²) in [6.07, 6.45) is 4.52. The Hall–Kier alpha value is -1.05. The molecule has 0 N–H and O–H groups in total. The highest BCUT2D eigenvalue weighted by atomic mass is 19.3. The smallest absolute Gasteiger partial charge is 0.319 e. The number of hydrogen-bond donors (Lipinski definition) is 0. The van der Waals surface area contributed by atoms with Crippen LogP contribution in [0.1, 0.15) is 25.2 Å². The Kier molecular flexibility index (Phi) is 3.51. The van der Waals surface area contributed by atoms with Gasteiger partial charge in [0, 0.05) is 18.8 Å². The summed E-state index contributed by atoms with van der Waals surface area (Å²) in [4.78, 5) is 6.07. The minimum absolute atomic E-state index is 0.380. The van der Waals surface area contributed by atoms with Gasteiger partial charge in [-0.15, -0.1) is 0 Å². The van der Waals surface area contributed by atoms with Gasteiger partial charge in [-0.3, -0.25) is 9.47 Å². The molecule has 0 aliphatic carbocycles. The third-order valence-corrected chi connectivity index (χ3v) is 3.63. The lowest BCUT2D eigenvalue weighted by molar-refractivity contribution is -0.190. The first-order valence-corrected chi connectivity index (χ1v) is 6.49. The lowest BCUT2D eigenvalue weighted by Gasteiger charge is -2.38. The number of ether oxygens (including phenoxy) is 2. The fourth-order valence-corrected chi connectivity index (χ4v) is 2.78. The Morgan fingerprint density at radius 3 is 2.89 bits per heavy atom. The van der Waals surface area contributed by atoms with Crippen LogP contribution in [-0.2, 0) is 16.0 Å². The zero-order valence-electron chi connectivity index (χ0n) is 10.6. The van der Waals surface area contributed by atoms with Gasteiger partial charge in [0.25, 0.3) is 0 Å². The predicted octanol–water partition coefficient (Wildman–Crippen LogP) is 1.62. The number of aromatic nitrogens is 2. The molecule has 1 aromatic rings. The van der Waals surface area contributed by atoms with Crippen molar-refractivity contribution in [1.29, 1.82) is 0 Å². The van der Waals surface area contributed by atoms with Gasteiger partial charge in [-0.2, -0.15) is 8.78 Å². The van der Waals surface area contributed by atoms with Gasteiger partial charge in [0.05, 0.1) is 26.3 Å². The van der Waals surface area contributed by atoms with Crippen molar-refractivity contribution >= 4 is 0 Å². The molecular weight excluding hydrogens is 256 g/mol. The summed E-state index contributed by atoms with van der Waals surface area (Å²) < 4.78 is 37.8. The second-order valence-corrected chi connectivity index (χ2v) is 4.95. The van der Waals surface area contributed by atoms with Crippen molar-refractivity contribution in [2.24, 2.45) is 0 Å². The summed E-state index contributed by atoms with van der Waals surface area (Å²) in [7, 11) is 0. The Bertz CT molecular complexity index is 432. The van der Waals surface area contributed by atoms with Crippen LogP contribution in [0.2, 0.25) is 0 Å². The van der Waals surface area contributed by atoms with E-state index in [4.69, 9.17) is 9.47 Å². The lowest BCUT2D eigenvalue weighted by Crippen LogP contribution is -2.48. The molecule has 1 aromatic heterocycles. The molecule has 2 fully saturated rings. The Balaban J connectivity index is 1.67. The fourth-order valence-electron chi connectivity index (χ4n) is 2.78. The average molecular weight is 273 g/mol. The van der Waals surface area contributed by atoms with Crippen LogP contribution in [0, 0.1) is 0 Å². The van der Waals surface area contributed by atoms with Crippen LogP contribution in [0.25, 0.3) is 0 Å². The van der Waals surface area contributed by atoms with Crippen molar-refractivity contribution in [3.8, 4) is 0 Å².